The number of thiazole rings is 1. The number of piperidine rings is 1. The zero-order valence-corrected chi connectivity index (χ0v) is 12.8. The van der Waals surface area contributed by atoms with Crippen molar-refractivity contribution in [2.45, 2.75) is 38.5 Å². The first-order valence-electron chi connectivity index (χ1n) is 7.43. The molecule has 4 rings (SSSR count). The molecule has 0 aliphatic carbocycles. The lowest BCUT2D eigenvalue weighted by Crippen LogP contribution is -2.41. The average Bonchev–Trinajstić information content (AvgIpc) is 3.18. The van der Waals surface area contributed by atoms with Gasteiger partial charge in [0.1, 0.15) is 16.9 Å². The van der Waals surface area contributed by atoms with Crippen LogP contribution in [-0.2, 0) is 11.3 Å². The number of nitrogens with zero attached hydrogens (tertiary/aromatic N) is 4. The molecule has 0 spiro atoms. The number of H-pyrrole nitrogens is 1. The molecule has 0 aromatic carbocycles. The zero-order valence-electron chi connectivity index (χ0n) is 12.0. The number of aromatic amines is 1. The van der Waals surface area contributed by atoms with E-state index in [0.717, 1.165) is 37.7 Å². The Morgan fingerprint density at radius 3 is 3.24 bits per heavy atom. The third-order valence-electron chi connectivity index (χ3n) is 4.38. The summed E-state index contributed by atoms with van der Waals surface area (Å²) in [6, 6.07) is 0. The summed E-state index contributed by atoms with van der Waals surface area (Å²) >= 11 is 1.72. The molecule has 1 N–H and O–H groups in total. The summed E-state index contributed by atoms with van der Waals surface area (Å²) in [5.41, 5.74) is 0. The van der Waals surface area contributed by atoms with Crippen molar-refractivity contribution in [2.24, 2.45) is 5.92 Å². The van der Waals surface area contributed by atoms with E-state index < -0.39 is 0 Å². The van der Waals surface area contributed by atoms with Gasteiger partial charge in [-0.05, 0) is 32.2 Å². The Morgan fingerprint density at radius 2 is 2.48 bits per heavy atom. The Hall–Kier alpha value is -1.31. The quantitative estimate of drug-likeness (QED) is 0.938. The Balaban J connectivity index is 1.40. The molecule has 2 aromatic rings. The molecule has 6 nitrogen and oxygen atoms in total. The number of nitrogens with one attached hydrogen (secondary N) is 1. The van der Waals surface area contributed by atoms with E-state index in [0.29, 0.717) is 12.0 Å². The van der Waals surface area contributed by atoms with Crippen LogP contribution in [0.2, 0.25) is 0 Å². The molecule has 2 fully saturated rings. The highest BCUT2D eigenvalue weighted by molar-refractivity contribution is 7.09. The molecule has 0 saturated carbocycles. The lowest BCUT2D eigenvalue weighted by molar-refractivity contribution is -0.0119. The minimum absolute atomic E-state index is 0.0600. The third kappa shape index (κ3) is 2.73. The number of fused-ring (bicyclic) bond motifs is 1. The standard InChI is InChI=1S/C14H19N5OS/c1-9-16-14(18-17-9)11-6-10-2-4-19(7-12(10)20-11)8-13-15-3-5-21-13/h3,5,10-12H,2,4,6-8H2,1H3,(H,16,17,18)/t10-,11+,12+/m1/s1. The fraction of sp³-hybridized carbons (Fsp3) is 0.643. The Morgan fingerprint density at radius 1 is 1.52 bits per heavy atom. The van der Waals surface area contributed by atoms with Crippen LogP contribution >= 0.6 is 11.3 Å². The van der Waals surface area contributed by atoms with E-state index in [1.54, 1.807) is 11.3 Å². The topological polar surface area (TPSA) is 66.9 Å². The number of hydrogen-bond acceptors (Lipinski definition) is 6. The average molecular weight is 305 g/mol. The highest BCUT2D eigenvalue weighted by Crippen LogP contribution is 2.40. The number of rotatable bonds is 3. The summed E-state index contributed by atoms with van der Waals surface area (Å²) in [4.78, 5) is 11.2. The first-order chi connectivity index (χ1) is 10.3. The van der Waals surface area contributed by atoms with Crippen molar-refractivity contribution in [3.8, 4) is 0 Å². The maximum atomic E-state index is 6.21. The molecule has 0 radical (unpaired) electrons. The summed E-state index contributed by atoms with van der Waals surface area (Å²) in [5.74, 6) is 2.31. The Bertz CT molecular complexity index is 598. The molecule has 4 heterocycles. The Kier molecular flexibility index (Phi) is 3.48. The predicted molar refractivity (Wildman–Crippen MR) is 78.8 cm³/mol. The molecule has 2 aliphatic heterocycles. The van der Waals surface area contributed by atoms with Crippen molar-refractivity contribution in [2.75, 3.05) is 13.1 Å². The summed E-state index contributed by atoms with van der Waals surface area (Å²) in [7, 11) is 0. The van der Waals surface area contributed by atoms with E-state index in [2.05, 4.69) is 25.1 Å². The second-order valence-corrected chi connectivity index (χ2v) is 6.87. The highest BCUT2D eigenvalue weighted by Gasteiger charge is 2.41. The van der Waals surface area contributed by atoms with Crippen LogP contribution in [0.25, 0.3) is 0 Å². The Labute approximate surface area is 127 Å². The van der Waals surface area contributed by atoms with Crippen molar-refractivity contribution in [3.63, 3.8) is 0 Å². The van der Waals surface area contributed by atoms with Crippen molar-refractivity contribution in [1.82, 2.24) is 25.1 Å². The van der Waals surface area contributed by atoms with E-state index in [9.17, 15) is 0 Å². The molecule has 3 atom stereocenters. The van der Waals surface area contributed by atoms with Crippen LogP contribution in [0.4, 0.5) is 0 Å². The monoisotopic (exact) mass is 305 g/mol. The molecular formula is C14H19N5OS. The molecule has 112 valence electrons. The van der Waals surface area contributed by atoms with E-state index in [4.69, 9.17) is 4.74 Å². The first-order valence-corrected chi connectivity index (χ1v) is 8.31. The number of hydrogen-bond donors (Lipinski definition) is 1. The van der Waals surface area contributed by atoms with Gasteiger partial charge in [0.05, 0.1) is 12.6 Å². The van der Waals surface area contributed by atoms with E-state index in [-0.39, 0.29) is 6.10 Å². The minimum Gasteiger partial charge on any atom is -0.365 e. The normalized spacial score (nSPS) is 29.7. The van der Waals surface area contributed by atoms with Gasteiger partial charge in [-0.2, -0.15) is 5.10 Å². The molecule has 2 aromatic heterocycles. The number of likely N-dealkylation sites (tertiary alicyclic amines) is 1. The van der Waals surface area contributed by atoms with E-state index in [1.165, 1.54) is 11.4 Å². The maximum absolute atomic E-state index is 6.21. The fourth-order valence-electron chi connectivity index (χ4n) is 3.33. The third-order valence-corrected chi connectivity index (χ3v) is 5.15. The van der Waals surface area contributed by atoms with Crippen molar-refractivity contribution < 1.29 is 4.74 Å². The van der Waals surface area contributed by atoms with Gasteiger partial charge in [0.25, 0.3) is 0 Å². The number of aryl methyl sites for hydroxylation is 1. The van der Waals surface area contributed by atoms with Crippen LogP contribution in [0.1, 0.15) is 35.6 Å². The predicted octanol–water partition coefficient (Wildman–Crippen LogP) is 1.92. The SMILES string of the molecule is Cc1nc([C@@H]2C[C@H]3CCN(Cc4nccs4)C[C@@H]3O2)n[nH]1. The second kappa shape index (κ2) is 5.47. The highest BCUT2D eigenvalue weighted by atomic mass is 32.1. The fourth-order valence-corrected chi connectivity index (χ4v) is 3.99. The molecule has 0 amide bonds. The van der Waals surface area contributed by atoms with Crippen molar-refractivity contribution >= 4 is 11.3 Å². The molecule has 2 saturated heterocycles. The molecule has 7 heteroatoms. The van der Waals surface area contributed by atoms with Gasteiger partial charge in [-0.15, -0.1) is 11.3 Å². The second-order valence-electron chi connectivity index (χ2n) is 5.89. The summed E-state index contributed by atoms with van der Waals surface area (Å²) in [6.45, 7) is 4.98. The number of aromatic nitrogens is 4. The van der Waals surface area contributed by atoms with Gasteiger partial charge < -0.3 is 4.74 Å². The van der Waals surface area contributed by atoms with Crippen LogP contribution in [0.5, 0.6) is 0 Å². The molecule has 21 heavy (non-hydrogen) atoms. The van der Waals surface area contributed by atoms with Crippen LogP contribution in [0.3, 0.4) is 0 Å². The summed E-state index contributed by atoms with van der Waals surface area (Å²) in [5, 5.41) is 10.4. The molecule has 0 unspecified atom stereocenters. The van der Waals surface area contributed by atoms with Crippen molar-refractivity contribution in [3.05, 3.63) is 28.2 Å². The van der Waals surface area contributed by atoms with Gasteiger partial charge in [-0.1, -0.05) is 0 Å². The van der Waals surface area contributed by atoms with Crippen LogP contribution < -0.4 is 0 Å². The van der Waals surface area contributed by atoms with E-state index in [1.807, 2.05) is 18.5 Å². The minimum atomic E-state index is 0.0600. The molecule has 0 bridgehead atoms. The van der Waals surface area contributed by atoms with Crippen LogP contribution in [0.15, 0.2) is 11.6 Å². The van der Waals surface area contributed by atoms with Gasteiger partial charge >= 0.3 is 0 Å². The number of ether oxygens (including phenoxy) is 1. The van der Waals surface area contributed by atoms with Gasteiger partial charge in [-0.3, -0.25) is 10.00 Å². The van der Waals surface area contributed by atoms with Gasteiger partial charge in [0.15, 0.2) is 5.82 Å². The van der Waals surface area contributed by atoms with Gasteiger partial charge in [-0.25, -0.2) is 9.97 Å². The van der Waals surface area contributed by atoms with Crippen LogP contribution in [0, 0.1) is 12.8 Å². The largest absolute Gasteiger partial charge is 0.365 e. The maximum Gasteiger partial charge on any atom is 0.179 e. The lowest BCUT2D eigenvalue weighted by atomic mass is 9.92. The van der Waals surface area contributed by atoms with E-state index >= 15 is 0 Å². The first kappa shape index (κ1) is 13.4. The van der Waals surface area contributed by atoms with Crippen molar-refractivity contribution in [1.29, 1.82) is 0 Å². The van der Waals surface area contributed by atoms with Crippen LogP contribution in [-0.4, -0.2) is 44.3 Å². The lowest BCUT2D eigenvalue weighted by Gasteiger charge is -2.33. The summed E-state index contributed by atoms with van der Waals surface area (Å²) < 4.78 is 6.21. The van der Waals surface area contributed by atoms with Gasteiger partial charge in [0, 0.05) is 18.1 Å². The molecule has 2 aliphatic rings. The molecular weight excluding hydrogens is 286 g/mol. The van der Waals surface area contributed by atoms with Gasteiger partial charge in [0.2, 0.25) is 0 Å². The summed E-state index contributed by atoms with van der Waals surface area (Å²) in [6.07, 6.45) is 4.48. The zero-order chi connectivity index (χ0) is 14.2. The smallest absolute Gasteiger partial charge is 0.179 e.